The molecule has 0 aromatic heterocycles. The van der Waals surface area contributed by atoms with Crippen LogP contribution in [0.15, 0.2) is 0 Å². The third kappa shape index (κ3) is 5.93. The van der Waals surface area contributed by atoms with Crippen molar-refractivity contribution < 1.29 is 0 Å². The van der Waals surface area contributed by atoms with Gasteiger partial charge in [-0.2, -0.15) is 0 Å². The summed E-state index contributed by atoms with van der Waals surface area (Å²) in [7, 11) is 0. The van der Waals surface area contributed by atoms with Gasteiger partial charge in [-0.1, -0.05) is 78.1 Å². The maximum atomic E-state index is 2.36. The quantitative estimate of drug-likeness (QED) is 0.332. The van der Waals surface area contributed by atoms with Gasteiger partial charge in [-0.05, 0) is 136 Å². The number of hydrogen-bond donors (Lipinski definition) is 0. The first-order valence-corrected chi connectivity index (χ1v) is 16.6. The highest BCUT2D eigenvalue weighted by Crippen LogP contribution is 2.67. The van der Waals surface area contributed by atoms with Crippen molar-refractivity contribution in [1.29, 1.82) is 0 Å². The van der Waals surface area contributed by atoms with Crippen molar-refractivity contribution in [1.82, 2.24) is 0 Å². The fraction of sp³-hybridized carbons (Fsp3) is 1.00. The minimum absolute atomic E-state index is 0.818. The first kappa shape index (κ1) is 25.6. The van der Waals surface area contributed by atoms with Crippen LogP contribution in [0.4, 0.5) is 0 Å². The molecule has 5 aliphatic carbocycles. The SMILES string of the molecule is CCCC[C@H]1CC[C@H](C2CCC3(CC2)CC2(CCC([C@H]4CC[C@H](CCCC)CC4)CC2)C3)CC1. The van der Waals surface area contributed by atoms with Gasteiger partial charge < -0.3 is 0 Å². The predicted molar refractivity (Wildman–Crippen MR) is 148 cm³/mol. The van der Waals surface area contributed by atoms with Gasteiger partial charge in [0.1, 0.15) is 0 Å². The van der Waals surface area contributed by atoms with Gasteiger partial charge in [-0.25, -0.2) is 0 Å². The number of rotatable bonds is 8. The molecule has 196 valence electrons. The highest BCUT2D eigenvalue weighted by molar-refractivity contribution is 5.07. The van der Waals surface area contributed by atoms with E-state index < -0.39 is 0 Å². The Morgan fingerprint density at radius 1 is 0.441 bits per heavy atom. The molecule has 0 saturated heterocycles. The highest BCUT2D eigenvalue weighted by atomic mass is 14.6. The molecule has 0 nitrogen and oxygen atoms in total. The molecule has 0 aromatic carbocycles. The molecule has 5 saturated carbocycles. The maximum Gasteiger partial charge on any atom is -0.0287 e. The van der Waals surface area contributed by atoms with Crippen molar-refractivity contribution in [2.45, 2.75) is 168 Å². The van der Waals surface area contributed by atoms with Crippen LogP contribution in [0.5, 0.6) is 0 Å². The summed E-state index contributed by atoms with van der Waals surface area (Å²) in [6.45, 7) is 4.72. The molecule has 5 rings (SSSR count). The lowest BCUT2D eigenvalue weighted by Gasteiger charge is -2.62. The van der Waals surface area contributed by atoms with E-state index in [0.29, 0.717) is 0 Å². The van der Waals surface area contributed by atoms with E-state index in [9.17, 15) is 0 Å². The van der Waals surface area contributed by atoms with Crippen LogP contribution in [0.3, 0.4) is 0 Å². The van der Waals surface area contributed by atoms with Gasteiger partial charge in [0.2, 0.25) is 0 Å². The zero-order valence-corrected chi connectivity index (χ0v) is 23.4. The first-order chi connectivity index (χ1) is 16.6. The van der Waals surface area contributed by atoms with E-state index in [1.807, 2.05) is 0 Å². The third-order valence-electron chi connectivity index (χ3n) is 12.7. The molecule has 0 heterocycles. The summed E-state index contributed by atoms with van der Waals surface area (Å²) in [4.78, 5) is 0. The summed E-state index contributed by atoms with van der Waals surface area (Å²) in [5, 5.41) is 0. The van der Waals surface area contributed by atoms with Crippen LogP contribution >= 0.6 is 0 Å². The fourth-order valence-corrected chi connectivity index (χ4v) is 10.6. The fourth-order valence-electron chi connectivity index (χ4n) is 10.6. The predicted octanol–water partition coefficient (Wildman–Crippen LogP) is 11.1. The van der Waals surface area contributed by atoms with E-state index in [1.54, 1.807) is 116 Å². The molecule has 5 aliphatic rings. The Kier molecular flexibility index (Phi) is 8.74. The molecule has 0 N–H and O–H groups in total. The van der Waals surface area contributed by atoms with Gasteiger partial charge in [0.05, 0.1) is 0 Å². The second-order valence-electron chi connectivity index (χ2n) is 14.9. The van der Waals surface area contributed by atoms with E-state index in [1.165, 1.54) is 38.5 Å². The van der Waals surface area contributed by atoms with Gasteiger partial charge in [-0.15, -0.1) is 0 Å². The average molecular weight is 469 g/mol. The summed E-state index contributed by atoms with van der Waals surface area (Å²) in [6, 6.07) is 0. The van der Waals surface area contributed by atoms with Crippen LogP contribution in [-0.4, -0.2) is 0 Å². The van der Waals surface area contributed by atoms with Crippen LogP contribution in [0.2, 0.25) is 0 Å². The summed E-state index contributed by atoms with van der Waals surface area (Å²) < 4.78 is 0. The Hall–Kier alpha value is 0. The van der Waals surface area contributed by atoms with E-state index in [4.69, 9.17) is 0 Å². The molecule has 0 bridgehead atoms. The van der Waals surface area contributed by atoms with Gasteiger partial charge >= 0.3 is 0 Å². The summed E-state index contributed by atoms with van der Waals surface area (Å²) in [6.07, 6.45) is 37.5. The van der Waals surface area contributed by atoms with E-state index in [2.05, 4.69) is 13.8 Å². The van der Waals surface area contributed by atoms with E-state index in [-0.39, 0.29) is 0 Å². The Labute approximate surface area is 214 Å². The zero-order chi connectivity index (χ0) is 23.4. The smallest absolute Gasteiger partial charge is 0.0287 e. The molecule has 0 aliphatic heterocycles. The topological polar surface area (TPSA) is 0 Å². The van der Waals surface area contributed by atoms with Gasteiger partial charge in [0.15, 0.2) is 0 Å². The molecule has 0 aromatic rings. The van der Waals surface area contributed by atoms with Crippen molar-refractivity contribution in [3.8, 4) is 0 Å². The van der Waals surface area contributed by atoms with Crippen molar-refractivity contribution in [2.75, 3.05) is 0 Å². The monoisotopic (exact) mass is 468 g/mol. The van der Waals surface area contributed by atoms with Crippen LogP contribution in [0, 0.1) is 46.3 Å². The number of unbranched alkanes of at least 4 members (excludes halogenated alkanes) is 2. The highest BCUT2D eigenvalue weighted by Gasteiger charge is 2.56. The van der Waals surface area contributed by atoms with Crippen molar-refractivity contribution in [2.24, 2.45) is 46.3 Å². The van der Waals surface area contributed by atoms with Gasteiger partial charge in [0, 0.05) is 0 Å². The molecule has 0 unspecified atom stereocenters. The molecule has 34 heavy (non-hydrogen) atoms. The largest absolute Gasteiger partial charge is 0.0654 e. The number of hydrogen-bond acceptors (Lipinski definition) is 0. The van der Waals surface area contributed by atoms with Crippen LogP contribution < -0.4 is 0 Å². The molecule has 0 atom stereocenters. The van der Waals surface area contributed by atoms with E-state index in [0.717, 1.165) is 46.3 Å². The summed E-state index contributed by atoms with van der Waals surface area (Å²) >= 11 is 0. The zero-order valence-electron chi connectivity index (χ0n) is 23.4. The van der Waals surface area contributed by atoms with Gasteiger partial charge in [0.25, 0.3) is 0 Å². The van der Waals surface area contributed by atoms with Crippen LogP contribution in [0.1, 0.15) is 168 Å². The molecular formula is C34H60. The second kappa shape index (κ2) is 11.6. The van der Waals surface area contributed by atoms with Crippen LogP contribution in [0.25, 0.3) is 0 Å². The van der Waals surface area contributed by atoms with Gasteiger partial charge in [-0.3, -0.25) is 0 Å². The average Bonchev–Trinajstić information content (AvgIpc) is 2.87. The standard InChI is InChI=1S/C34H60/c1-3-5-7-27-9-13-29(14-10-27)31-17-21-33(22-18-31)25-34(26-33)23-19-32(20-24-34)30-15-11-28(12-16-30)8-6-4-2/h27-32H,3-26H2,1-2H3/t27-,28-,29-,30-,31?,32?,33?,34?. The Bertz CT molecular complexity index is 524. The van der Waals surface area contributed by atoms with Crippen molar-refractivity contribution >= 4 is 0 Å². The Morgan fingerprint density at radius 3 is 1.09 bits per heavy atom. The maximum absolute atomic E-state index is 2.36. The lowest BCUT2D eigenvalue weighted by molar-refractivity contribution is -0.109. The molecule has 0 heteroatoms. The van der Waals surface area contributed by atoms with Crippen molar-refractivity contribution in [3.63, 3.8) is 0 Å². The molecule has 2 spiro atoms. The lowest BCUT2D eigenvalue weighted by Crippen LogP contribution is -2.50. The molecular weight excluding hydrogens is 408 g/mol. The summed E-state index contributed by atoms with van der Waals surface area (Å²) in [5.41, 5.74) is 1.64. The molecule has 0 amide bonds. The Morgan fingerprint density at radius 2 is 0.765 bits per heavy atom. The third-order valence-corrected chi connectivity index (χ3v) is 12.7. The van der Waals surface area contributed by atoms with Crippen LogP contribution in [-0.2, 0) is 0 Å². The molecule has 5 fully saturated rings. The lowest BCUT2D eigenvalue weighted by atomic mass is 9.43. The van der Waals surface area contributed by atoms with E-state index >= 15 is 0 Å². The van der Waals surface area contributed by atoms with Crippen molar-refractivity contribution in [3.05, 3.63) is 0 Å². The minimum Gasteiger partial charge on any atom is -0.0654 e. The molecule has 0 radical (unpaired) electrons. The Balaban J connectivity index is 0.995. The minimum atomic E-state index is 0.818. The first-order valence-electron chi connectivity index (χ1n) is 16.6. The normalized spacial score (nSPS) is 45.4. The second-order valence-corrected chi connectivity index (χ2v) is 14.9. The summed E-state index contributed by atoms with van der Waals surface area (Å²) in [5.74, 6) is 6.61.